The van der Waals surface area contributed by atoms with E-state index in [1.807, 2.05) is 0 Å². The average molecular weight is 286 g/mol. The Morgan fingerprint density at radius 3 is 2.48 bits per heavy atom. The fourth-order valence-corrected chi connectivity index (χ4v) is 4.50. The predicted octanol–water partition coefficient (Wildman–Crippen LogP) is 3.77. The Labute approximate surface area is 129 Å². The van der Waals surface area contributed by atoms with Gasteiger partial charge >= 0.3 is 0 Å². The fraction of sp³-hybridized carbons (Fsp3) is 0.684. The van der Waals surface area contributed by atoms with Gasteiger partial charge in [0, 0.05) is 18.1 Å². The van der Waals surface area contributed by atoms with E-state index in [1.54, 1.807) is 0 Å². The average Bonchev–Trinajstić information content (AvgIpc) is 2.49. The first-order chi connectivity index (χ1) is 10.1. The molecule has 2 N–H and O–H groups in total. The van der Waals surface area contributed by atoms with E-state index in [4.69, 9.17) is 5.73 Å². The van der Waals surface area contributed by atoms with Gasteiger partial charge in [0.25, 0.3) is 0 Å². The van der Waals surface area contributed by atoms with Crippen LogP contribution < -0.4 is 5.73 Å². The van der Waals surface area contributed by atoms with Crippen LogP contribution in [0, 0.1) is 5.92 Å². The molecule has 5 atom stereocenters. The largest absolute Gasteiger partial charge is 0.326 e. The molecule has 3 rings (SSSR count). The summed E-state index contributed by atoms with van der Waals surface area (Å²) in [5, 5.41) is 0. The molecule has 2 nitrogen and oxygen atoms in total. The molecule has 1 aromatic carbocycles. The minimum absolute atomic E-state index is 0.362. The van der Waals surface area contributed by atoms with Crippen LogP contribution in [-0.4, -0.2) is 29.6 Å². The number of hydrogen-bond acceptors (Lipinski definition) is 2. The molecular formula is C19H30N2. The van der Waals surface area contributed by atoms with Gasteiger partial charge in [0.05, 0.1) is 0 Å². The number of nitrogens with zero attached hydrogens (tertiary/aromatic N) is 1. The summed E-state index contributed by atoms with van der Waals surface area (Å²) in [5.41, 5.74) is 8.01. The van der Waals surface area contributed by atoms with E-state index in [9.17, 15) is 0 Å². The van der Waals surface area contributed by atoms with Crippen LogP contribution in [0.5, 0.6) is 0 Å². The number of benzene rings is 1. The zero-order valence-electron chi connectivity index (χ0n) is 13.5. The second kappa shape index (κ2) is 6.50. The third-order valence-corrected chi connectivity index (χ3v) is 5.76. The van der Waals surface area contributed by atoms with E-state index in [1.165, 1.54) is 44.2 Å². The maximum absolute atomic E-state index is 6.51. The first-order valence-corrected chi connectivity index (χ1v) is 8.71. The van der Waals surface area contributed by atoms with Crippen molar-refractivity contribution in [3.63, 3.8) is 0 Å². The summed E-state index contributed by atoms with van der Waals surface area (Å²) in [6, 6.07) is 12.7. The SMILES string of the molecule is CC1CCN(C2CC(c3ccccc3)CCC2N)C(C)C1. The maximum Gasteiger partial charge on any atom is 0.0255 e. The normalized spacial score (nSPS) is 38.3. The molecule has 116 valence electrons. The predicted molar refractivity (Wildman–Crippen MR) is 89.4 cm³/mol. The van der Waals surface area contributed by atoms with E-state index in [0.717, 1.165) is 5.92 Å². The second-order valence-electron chi connectivity index (χ2n) is 7.37. The lowest BCUT2D eigenvalue weighted by Crippen LogP contribution is -2.56. The highest BCUT2D eigenvalue weighted by atomic mass is 15.2. The topological polar surface area (TPSA) is 29.3 Å². The molecule has 1 saturated carbocycles. The van der Waals surface area contributed by atoms with Crippen molar-refractivity contribution in [3.8, 4) is 0 Å². The molecule has 1 aliphatic carbocycles. The molecule has 21 heavy (non-hydrogen) atoms. The summed E-state index contributed by atoms with van der Waals surface area (Å²) >= 11 is 0. The first-order valence-electron chi connectivity index (χ1n) is 8.71. The number of piperidine rings is 1. The summed E-state index contributed by atoms with van der Waals surface area (Å²) in [6.07, 6.45) is 6.33. The summed E-state index contributed by atoms with van der Waals surface area (Å²) in [6.45, 7) is 6.03. The van der Waals surface area contributed by atoms with Gasteiger partial charge in [0.2, 0.25) is 0 Å². The van der Waals surface area contributed by atoms with E-state index in [2.05, 4.69) is 49.1 Å². The molecule has 0 radical (unpaired) electrons. The lowest BCUT2D eigenvalue weighted by Gasteiger charge is -2.47. The highest BCUT2D eigenvalue weighted by Crippen LogP contribution is 2.37. The Morgan fingerprint density at radius 2 is 1.76 bits per heavy atom. The number of hydrogen-bond donors (Lipinski definition) is 1. The van der Waals surface area contributed by atoms with E-state index in [-0.39, 0.29) is 0 Å². The lowest BCUT2D eigenvalue weighted by molar-refractivity contribution is 0.0474. The minimum Gasteiger partial charge on any atom is -0.326 e. The molecule has 0 bridgehead atoms. The Balaban J connectivity index is 1.72. The molecular weight excluding hydrogens is 256 g/mol. The van der Waals surface area contributed by atoms with Crippen molar-refractivity contribution >= 4 is 0 Å². The van der Waals surface area contributed by atoms with Crippen molar-refractivity contribution in [1.82, 2.24) is 4.90 Å². The number of likely N-dealkylation sites (tertiary alicyclic amines) is 1. The Hall–Kier alpha value is -0.860. The van der Waals surface area contributed by atoms with Crippen LogP contribution in [0.1, 0.15) is 57.4 Å². The summed E-state index contributed by atoms with van der Waals surface area (Å²) < 4.78 is 0. The quantitative estimate of drug-likeness (QED) is 0.896. The molecule has 5 unspecified atom stereocenters. The van der Waals surface area contributed by atoms with Crippen LogP contribution in [0.15, 0.2) is 30.3 Å². The van der Waals surface area contributed by atoms with E-state index in [0.29, 0.717) is 24.0 Å². The smallest absolute Gasteiger partial charge is 0.0255 e. The summed E-state index contributed by atoms with van der Waals surface area (Å²) in [5.74, 6) is 1.57. The van der Waals surface area contributed by atoms with Gasteiger partial charge in [-0.25, -0.2) is 0 Å². The molecule has 0 amide bonds. The van der Waals surface area contributed by atoms with Gasteiger partial charge < -0.3 is 5.73 Å². The molecule has 2 aliphatic rings. The zero-order valence-corrected chi connectivity index (χ0v) is 13.5. The third kappa shape index (κ3) is 3.32. The van der Waals surface area contributed by atoms with Crippen LogP contribution in [0.3, 0.4) is 0 Å². The van der Waals surface area contributed by atoms with Crippen LogP contribution in [0.25, 0.3) is 0 Å². The molecule has 0 aromatic heterocycles. The van der Waals surface area contributed by atoms with Crippen molar-refractivity contribution in [1.29, 1.82) is 0 Å². The fourth-order valence-electron chi connectivity index (χ4n) is 4.50. The van der Waals surface area contributed by atoms with E-state index < -0.39 is 0 Å². The standard InChI is InChI=1S/C19H30N2/c1-14-10-11-21(15(2)12-14)19-13-17(8-9-18(19)20)16-6-4-3-5-7-16/h3-7,14-15,17-19H,8-13,20H2,1-2H3. The first kappa shape index (κ1) is 15.1. The molecule has 2 fully saturated rings. The zero-order chi connectivity index (χ0) is 14.8. The monoisotopic (exact) mass is 286 g/mol. The molecule has 1 heterocycles. The van der Waals surface area contributed by atoms with Gasteiger partial charge in [-0.15, -0.1) is 0 Å². The summed E-state index contributed by atoms with van der Waals surface area (Å²) in [7, 11) is 0. The van der Waals surface area contributed by atoms with Gasteiger partial charge in [-0.05, 0) is 63.0 Å². The number of rotatable bonds is 2. The molecule has 1 aromatic rings. The van der Waals surface area contributed by atoms with Crippen molar-refractivity contribution in [2.24, 2.45) is 11.7 Å². The van der Waals surface area contributed by atoms with Crippen LogP contribution in [-0.2, 0) is 0 Å². The molecule has 2 heteroatoms. The number of nitrogens with two attached hydrogens (primary N) is 1. The Morgan fingerprint density at radius 1 is 1.00 bits per heavy atom. The van der Waals surface area contributed by atoms with Crippen molar-refractivity contribution in [2.75, 3.05) is 6.54 Å². The van der Waals surface area contributed by atoms with Crippen LogP contribution in [0.4, 0.5) is 0 Å². The molecule has 0 spiro atoms. The Kier molecular flexibility index (Phi) is 4.66. The van der Waals surface area contributed by atoms with Crippen molar-refractivity contribution in [2.45, 2.75) is 70.0 Å². The summed E-state index contributed by atoms with van der Waals surface area (Å²) in [4.78, 5) is 2.72. The molecule has 1 aliphatic heterocycles. The lowest BCUT2D eigenvalue weighted by atomic mass is 9.77. The second-order valence-corrected chi connectivity index (χ2v) is 7.37. The van der Waals surface area contributed by atoms with Crippen LogP contribution >= 0.6 is 0 Å². The minimum atomic E-state index is 0.362. The highest BCUT2D eigenvalue weighted by Gasteiger charge is 2.36. The maximum atomic E-state index is 6.51. The van der Waals surface area contributed by atoms with Gasteiger partial charge in [0.15, 0.2) is 0 Å². The highest BCUT2D eigenvalue weighted by molar-refractivity contribution is 5.21. The van der Waals surface area contributed by atoms with Gasteiger partial charge in [-0.1, -0.05) is 37.3 Å². The Bertz CT molecular complexity index is 444. The van der Waals surface area contributed by atoms with Gasteiger partial charge in [0.1, 0.15) is 0 Å². The van der Waals surface area contributed by atoms with Crippen molar-refractivity contribution < 1.29 is 0 Å². The van der Waals surface area contributed by atoms with Crippen molar-refractivity contribution in [3.05, 3.63) is 35.9 Å². The van der Waals surface area contributed by atoms with E-state index >= 15 is 0 Å². The van der Waals surface area contributed by atoms with Crippen LogP contribution in [0.2, 0.25) is 0 Å². The molecule has 1 saturated heterocycles. The third-order valence-electron chi connectivity index (χ3n) is 5.76. The van der Waals surface area contributed by atoms with Gasteiger partial charge in [-0.2, -0.15) is 0 Å². The van der Waals surface area contributed by atoms with Gasteiger partial charge in [-0.3, -0.25) is 4.90 Å².